The van der Waals surface area contributed by atoms with Gasteiger partial charge >= 0.3 is 26.1 Å². The van der Waals surface area contributed by atoms with E-state index in [4.69, 9.17) is 34.0 Å². The van der Waals surface area contributed by atoms with Crippen molar-refractivity contribution in [3.8, 4) is 0 Å². The van der Waals surface area contributed by atoms with Crippen molar-refractivity contribution in [1.29, 1.82) is 0 Å². The molecule has 3 amide bonds. The van der Waals surface area contributed by atoms with E-state index in [1.807, 2.05) is 0 Å². The number of β-lactam (4-membered cyclic amide) rings is 1. The zero-order valence-corrected chi connectivity index (χ0v) is 28.7. The summed E-state index contributed by atoms with van der Waals surface area (Å²) in [4.78, 5) is 75.3. The zero-order valence-electron chi connectivity index (χ0n) is 26.3. The highest BCUT2D eigenvalue weighted by Gasteiger charge is 2.56. The zero-order chi connectivity index (χ0) is 34.1. The molecule has 0 spiro atoms. The number of rotatable bonds is 9. The van der Waals surface area contributed by atoms with Gasteiger partial charge in [0.25, 0.3) is 11.8 Å². The van der Waals surface area contributed by atoms with Crippen LogP contribution in [0.25, 0.3) is 0 Å². The molecule has 0 unspecified atom stereocenters. The van der Waals surface area contributed by atoms with Gasteiger partial charge in [0.2, 0.25) is 5.60 Å². The van der Waals surface area contributed by atoms with Crippen LogP contribution in [-0.4, -0.2) is 92.8 Å². The van der Waals surface area contributed by atoms with Gasteiger partial charge in [-0.2, -0.15) is 0 Å². The molecular weight excluding hydrogens is 649 g/mol. The van der Waals surface area contributed by atoms with E-state index in [2.05, 4.69) is 25.4 Å². The molecule has 18 heteroatoms. The molecule has 0 bridgehead atoms. The fraction of sp³-hybridized carbons (Fsp3) is 0.593. The lowest BCUT2D eigenvalue weighted by atomic mass is 10.0. The van der Waals surface area contributed by atoms with Crippen LogP contribution in [0, 0.1) is 0 Å². The first-order chi connectivity index (χ1) is 20.7. The first-order valence-corrected chi connectivity index (χ1v) is 16.0. The Morgan fingerprint density at radius 1 is 1.09 bits per heavy atom. The Kier molecular flexibility index (Phi) is 10.9. The van der Waals surface area contributed by atoms with Gasteiger partial charge in [-0.05, 0) is 67.9 Å². The summed E-state index contributed by atoms with van der Waals surface area (Å²) in [6, 6.07) is -1.09. The number of nitrogens with zero attached hydrogens (tertiary/aromatic N) is 3. The SMILES string of the molecule is [B]OC(=O)C1=C(CCl)[C@H](C)S[C@@H]2[C@H](NC(=O)/C(=N\OC(C)(C)C(=O)OC(C)(C)C)c3csc(NC(=O)OC(C)(C)C)n3)C(=O)N12. The van der Waals surface area contributed by atoms with E-state index >= 15 is 0 Å². The molecule has 0 aromatic carbocycles. The maximum atomic E-state index is 13.7. The lowest BCUT2D eigenvalue weighted by molar-refractivity contribution is -0.179. The molecule has 3 atom stereocenters. The van der Waals surface area contributed by atoms with Crippen LogP contribution in [0.2, 0.25) is 0 Å². The highest BCUT2D eigenvalue weighted by Crippen LogP contribution is 2.44. The van der Waals surface area contributed by atoms with E-state index in [1.54, 1.807) is 48.5 Å². The summed E-state index contributed by atoms with van der Waals surface area (Å²) in [7, 11) is 5.10. The molecule has 1 aromatic rings. The lowest BCUT2D eigenvalue weighted by Crippen LogP contribution is -2.71. The van der Waals surface area contributed by atoms with Gasteiger partial charge in [0.05, 0.1) is 0 Å². The topological polar surface area (TPSA) is 175 Å². The number of oxime groups is 1. The van der Waals surface area contributed by atoms with Crippen molar-refractivity contribution < 1.29 is 42.9 Å². The molecule has 3 heterocycles. The minimum atomic E-state index is -1.63. The second-order valence-corrected chi connectivity index (χ2v) is 15.0. The summed E-state index contributed by atoms with van der Waals surface area (Å²) in [6.07, 6.45) is -0.770. The van der Waals surface area contributed by atoms with Crippen LogP contribution in [0.15, 0.2) is 21.8 Å². The number of fused-ring (bicyclic) bond motifs is 1. The van der Waals surface area contributed by atoms with Crippen molar-refractivity contribution in [2.45, 2.75) is 95.8 Å². The number of ether oxygens (including phenoxy) is 2. The molecule has 45 heavy (non-hydrogen) atoms. The normalized spacial score (nSPS) is 20.5. The van der Waals surface area contributed by atoms with E-state index < -0.39 is 63.8 Å². The summed E-state index contributed by atoms with van der Waals surface area (Å²) in [5, 5.41) is 9.56. The Morgan fingerprint density at radius 3 is 2.27 bits per heavy atom. The third-order valence-electron chi connectivity index (χ3n) is 5.98. The summed E-state index contributed by atoms with van der Waals surface area (Å²) in [6.45, 7) is 14.7. The number of amides is 3. The smallest absolute Gasteiger partial charge is 0.413 e. The highest BCUT2D eigenvalue weighted by atomic mass is 35.5. The maximum absolute atomic E-state index is 13.7. The summed E-state index contributed by atoms with van der Waals surface area (Å²) in [5.74, 6) is -3.23. The number of halogens is 1. The number of hydrogen-bond donors (Lipinski definition) is 2. The van der Waals surface area contributed by atoms with Crippen molar-refractivity contribution in [3.05, 3.63) is 22.3 Å². The van der Waals surface area contributed by atoms with Crippen LogP contribution in [0.4, 0.5) is 9.93 Å². The van der Waals surface area contributed by atoms with Crippen molar-refractivity contribution in [1.82, 2.24) is 15.2 Å². The minimum absolute atomic E-state index is 0.0337. The van der Waals surface area contributed by atoms with Crippen molar-refractivity contribution in [2.75, 3.05) is 11.2 Å². The van der Waals surface area contributed by atoms with E-state index in [9.17, 15) is 24.0 Å². The molecule has 0 saturated carbocycles. The number of thiazole rings is 1. The number of thioether (sulfide) groups is 1. The molecular formula is C27H35BClN5O9S2. The molecule has 2 radical (unpaired) electrons. The molecule has 14 nitrogen and oxygen atoms in total. The van der Waals surface area contributed by atoms with Crippen LogP contribution < -0.4 is 10.6 Å². The van der Waals surface area contributed by atoms with Gasteiger partial charge in [-0.15, -0.1) is 34.7 Å². The monoisotopic (exact) mass is 683 g/mol. The number of hydrogen-bond acceptors (Lipinski definition) is 13. The van der Waals surface area contributed by atoms with Crippen LogP contribution in [0.1, 0.15) is 68.0 Å². The number of carbonyl (C=O) groups is 5. The fourth-order valence-electron chi connectivity index (χ4n) is 3.91. The number of carbonyl (C=O) groups excluding carboxylic acids is 5. The summed E-state index contributed by atoms with van der Waals surface area (Å²) in [5.41, 5.74) is -3.28. The molecule has 2 aliphatic rings. The average Bonchev–Trinajstić information content (AvgIpc) is 3.36. The van der Waals surface area contributed by atoms with Crippen LogP contribution in [0.3, 0.4) is 0 Å². The Balaban J connectivity index is 1.91. The van der Waals surface area contributed by atoms with E-state index in [0.717, 1.165) is 11.3 Å². The van der Waals surface area contributed by atoms with Crippen LogP contribution in [0.5, 0.6) is 0 Å². The standard InChI is InChI=1S/C27H35BClN5O9S2/c1-12-13(10-29)17(21(37)42-28)34-19(36)16(20(34)45-12)31-18(35)15(33-43-27(8,9)22(38)40-25(2,3)4)14-11-44-23(30-14)32-24(39)41-26(5,6)7/h11-12,16,20H,10H2,1-9H3,(H,31,35)(H,30,32,39)/b33-15-/t12-,16+,20+/m0/s1. The highest BCUT2D eigenvalue weighted by molar-refractivity contribution is 8.00. The largest absolute Gasteiger partial charge is 0.539 e. The fourth-order valence-corrected chi connectivity index (χ4v) is 6.49. The number of esters is 1. The van der Waals surface area contributed by atoms with E-state index in [0.29, 0.717) is 5.57 Å². The van der Waals surface area contributed by atoms with Crippen molar-refractivity contribution in [3.63, 3.8) is 0 Å². The van der Waals surface area contributed by atoms with Gasteiger partial charge in [-0.25, -0.2) is 19.4 Å². The third kappa shape index (κ3) is 8.70. The van der Waals surface area contributed by atoms with Gasteiger partial charge in [0.1, 0.15) is 34.0 Å². The van der Waals surface area contributed by atoms with E-state index in [1.165, 1.54) is 35.9 Å². The summed E-state index contributed by atoms with van der Waals surface area (Å²) < 4.78 is 15.0. The molecule has 1 aromatic heterocycles. The Morgan fingerprint density at radius 2 is 1.71 bits per heavy atom. The van der Waals surface area contributed by atoms with Crippen LogP contribution >= 0.6 is 34.7 Å². The first-order valence-electron chi connectivity index (χ1n) is 13.6. The second kappa shape index (κ2) is 13.6. The Hall–Kier alpha value is -3.31. The van der Waals surface area contributed by atoms with Gasteiger partial charge in [0.15, 0.2) is 10.8 Å². The molecule has 1 saturated heterocycles. The number of nitrogens with one attached hydrogen (secondary N) is 2. The van der Waals surface area contributed by atoms with Crippen LogP contribution in [-0.2, 0) is 38.1 Å². The Labute approximate surface area is 275 Å². The molecule has 244 valence electrons. The predicted molar refractivity (Wildman–Crippen MR) is 169 cm³/mol. The van der Waals surface area contributed by atoms with Gasteiger partial charge in [-0.3, -0.25) is 19.8 Å². The quantitative estimate of drug-likeness (QED) is 0.0976. The molecule has 3 rings (SSSR count). The molecule has 1 fully saturated rings. The van der Waals surface area contributed by atoms with E-state index in [-0.39, 0.29) is 27.7 Å². The molecule has 2 aliphatic heterocycles. The van der Waals surface area contributed by atoms with Gasteiger partial charge in [-0.1, -0.05) is 5.16 Å². The number of anilines is 1. The number of alkyl halides is 1. The first kappa shape index (κ1) is 36.2. The second-order valence-electron chi connectivity index (χ2n) is 12.4. The van der Waals surface area contributed by atoms with Crippen molar-refractivity contribution >= 4 is 83.4 Å². The molecule has 0 aliphatic carbocycles. The van der Waals surface area contributed by atoms with Gasteiger partial charge < -0.3 is 24.3 Å². The lowest BCUT2D eigenvalue weighted by Gasteiger charge is -2.51. The summed E-state index contributed by atoms with van der Waals surface area (Å²) >= 11 is 8.32. The predicted octanol–water partition coefficient (Wildman–Crippen LogP) is 3.24. The number of aromatic nitrogens is 1. The van der Waals surface area contributed by atoms with Gasteiger partial charge in [0, 0.05) is 16.5 Å². The minimum Gasteiger partial charge on any atom is -0.539 e. The third-order valence-corrected chi connectivity index (χ3v) is 8.48. The Bertz CT molecular complexity index is 1430. The molecule has 2 N–H and O–H groups in total. The van der Waals surface area contributed by atoms with Crippen molar-refractivity contribution in [2.24, 2.45) is 5.16 Å². The maximum Gasteiger partial charge on any atom is 0.413 e. The average molecular weight is 684 g/mol.